The molecule has 1 unspecified atom stereocenters. The summed E-state index contributed by atoms with van der Waals surface area (Å²) >= 11 is 0. The van der Waals surface area contributed by atoms with Crippen LogP contribution in [0.5, 0.6) is 0 Å². The van der Waals surface area contributed by atoms with Crippen molar-refractivity contribution in [3.8, 4) is 0 Å². The van der Waals surface area contributed by atoms with Gasteiger partial charge in [-0.2, -0.15) is 13.2 Å². The van der Waals surface area contributed by atoms with Gasteiger partial charge in [0.05, 0.1) is 12.5 Å². The van der Waals surface area contributed by atoms with Gasteiger partial charge in [0.15, 0.2) is 0 Å². The van der Waals surface area contributed by atoms with E-state index in [0.717, 1.165) is 5.56 Å². The van der Waals surface area contributed by atoms with E-state index >= 15 is 0 Å². The van der Waals surface area contributed by atoms with E-state index in [0.29, 0.717) is 12.1 Å². The highest BCUT2D eigenvalue weighted by Gasteiger charge is 2.27. The molecule has 0 aromatic heterocycles. The maximum absolute atomic E-state index is 12.1. The molecule has 1 aromatic rings. The fourth-order valence-electron chi connectivity index (χ4n) is 1.61. The lowest BCUT2D eigenvalue weighted by Crippen LogP contribution is -2.23. The Morgan fingerprint density at radius 2 is 1.78 bits per heavy atom. The first-order valence-electron chi connectivity index (χ1n) is 5.89. The number of halogens is 3. The molecule has 2 nitrogen and oxygen atoms in total. The molecule has 0 aliphatic carbocycles. The van der Waals surface area contributed by atoms with Crippen molar-refractivity contribution in [1.82, 2.24) is 0 Å². The zero-order valence-electron chi connectivity index (χ0n) is 10.5. The van der Waals surface area contributed by atoms with Gasteiger partial charge in [-0.1, -0.05) is 19.1 Å². The van der Waals surface area contributed by atoms with Crippen LogP contribution in [0.1, 0.15) is 31.4 Å². The highest BCUT2D eigenvalue weighted by Crippen LogP contribution is 2.23. The molecule has 1 atom stereocenters. The molecule has 0 radical (unpaired) electrons. The molecule has 0 aliphatic rings. The molecule has 5 heteroatoms. The van der Waals surface area contributed by atoms with Gasteiger partial charge in [0, 0.05) is 19.3 Å². The van der Waals surface area contributed by atoms with E-state index in [9.17, 15) is 18.3 Å². The SMILES string of the molecule is CCC(O)c1ccc(N(C)CCC(F)(F)F)cc1. The van der Waals surface area contributed by atoms with Crippen molar-refractivity contribution in [2.45, 2.75) is 32.0 Å². The molecule has 1 rings (SSSR count). The van der Waals surface area contributed by atoms with Gasteiger partial charge in [-0.05, 0) is 24.1 Å². The third-order valence-electron chi connectivity index (χ3n) is 2.84. The summed E-state index contributed by atoms with van der Waals surface area (Å²) in [7, 11) is 1.62. The van der Waals surface area contributed by atoms with Gasteiger partial charge in [0.1, 0.15) is 0 Å². The van der Waals surface area contributed by atoms with Gasteiger partial charge in [-0.25, -0.2) is 0 Å². The minimum absolute atomic E-state index is 0.0703. The minimum Gasteiger partial charge on any atom is -0.388 e. The lowest BCUT2D eigenvalue weighted by molar-refractivity contribution is -0.132. The van der Waals surface area contributed by atoms with Crippen LogP contribution < -0.4 is 4.90 Å². The van der Waals surface area contributed by atoms with E-state index in [2.05, 4.69) is 0 Å². The second-order valence-electron chi connectivity index (χ2n) is 4.30. The molecule has 0 saturated carbocycles. The third-order valence-corrected chi connectivity index (χ3v) is 2.84. The Morgan fingerprint density at radius 3 is 2.22 bits per heavy atom. The van der Waals surface area contributed by atoms with Crippen LogP contribution in [0.3, 0.4) is 0 Å². The molecule has 0 bridgehead atoms. The molecule has 1 aromatic carbocycles. The number of anilines is 1. The summed E-state index contributed by atoms with van der Waals surface area (Å²) < 4.78 is 36.3. The van der Waals surface area contributed by atoms with Crippen LogP contribution in [0.2, 0.25) is 0 Å². The summed E-state index contributed by atoms with van der Waals surface area (Å²) in [5.74, 6) is 0. The van der Waals surface area contributed by atoms with E-state index < -0.39 is 18.7 Å². The first-order chi connectivity index (χ1) is 8.33. The van der Waals surface area contributed by atoms with Gasteiger partial charge < -0.3 is 10.0 Å². The summed E-state index contributed by atoms with van der Waals surface area (Å²) in [5.41, 5.74) is 1.50. The number of nitrogens with zero attached hydrogens (tertiary/aromatic N) is 1. The Morgan fingerprint density at radius 1 is 1.22 bits per heavy atom. The minimum atomic E-state index is -4.13. The quantitative estimate of drug-likeness (QED) is 0.876. The number of aliphatic hydroxyl groups excluding tert-OH is 1. The summed E-state index contributed by atoms with van der Waals surface area (Å²) in [6.45, 7) is 1.80. The largest absolute Gasteiger partial charge is 0.390 e. The summed E-state index contributed by atoms with van der Waals surface area (Å²) in [6, 6.07) is 6.94. The second kappa shape index (κ2) is 6.09. The lowest BCUT2D eigenvalue weighted by Gasteiger charge is -2.20. The summed E-state index contributed by atoms with van der Waals surface area (Å²) in [6.07, 6.45) is -4.86. The molecule has 0 fully saturated rings. The highest BCUT2D eigenvalue weighted by molar-refractivity contribution is 5.47. The van der Waals surface area contributed by atoms with Crippen molar-refractivity contribution in [3.05, 3.63) is 29.8 Å². The number of hydrogen-bond donors (Lipinski definition) is 1. The monoisotopic (exact) mass is 261 g/mol. The molecule has 102 valence electrons. The topological polar surface area (TPSA) is 23.5 Å². The number of benzene rings is 1. The highest BCUT2D eigenvalue weighted by atomic mass is 19.4. The zero-order chi connectivity index (χ0) is 13.8. The normalized spacial score (nSPS) is 13.4. The van der Waals surface area contributed by atoms with Crippen LogP contribution >= 0.6 is 0 Å². The molecule has 1 N–H and O–H groups in total. The van der Waals surface area contributed by atoms with Crippen molar-refractivity contribution >= 4 is 5.69 Å². The molecule has 0 heterocycles. The van der Waals surface area contributed by atoms with Crippen molar-refractivity contribution in [1.29, 1.82) is 0 Å². The fraction of sp³-hybridized carbons (Fsp3) is 0.538. The first kappa shape index (κ1) is 14.8. The fourth-order valence-corrected chi connectivity index (χ4v) is 1.61. The summed E-state index contributed by atoms with van der Waals surface area (Å²) in [5, 5.41) is 9.61. The van der Waals surface area contributed by atoms with Gasteiger partial charge in [0.25, 0.3) is 0 Å². The van der Waals surface area contributed by atoms with E-state index in [4.69, 9.17) is 0 Å². The van der Waals surface area contributed by atoms with E-state index in [1.54, 1.807) is 36.2 Å². The van der Waals surface area contributed by atoms with E-state index in [1.807, 2.05) is 6.92 Å². The van der Waals surface area contributed by atoms with Crippen molar-refractivity contribution < 1.29 is 18.3 Å². The average Bonchev–Trinajstić information content (AvgIpc) is 2.34. The third kappa shape index (κ3) is 4.56. The molecule has 0 amide bonds. The average molecular weight is 261 g/mol. The predicted molar refractivity (Wildman–Crippen MR) is 65.6 cm³/mol. The van der Waals surface area contributed by atoms with E-state index in [-0.39, 0.29) is 6.54 Å². The van der Waals surface area contributed by atoms with Crippen molar-refractivity contribution in [2.75, 3.05) is 18.5 Å². The van der Waals surface area contributed by atoms with Crippen LogP contribution in [-0.4, -0.2) is 24.9 Å². The Hall–Kier alpha value is -1.23. The van der Waals surface area contributed by atoms with Gasteiger partial charge in [-0.3, -0.25) is 0 Å². The zero-order valence-corrected chi connectivity index (χ0v) is 10.5. The van der Waals surface area contributed by atoms with Crippen molar-refractivity contribution in [3.63, 3.8) is 0 Å². The lowest BCUT2D eigenvalue weighted by atomic mass is 10.1. The van der Waals surface area contributed by atoms with Crippen LogP contribution in [0.4, 0.5) is 18.9 Å². The Balaban J connectivity index is 2.62. The summed E-state index contributed by atoms with van der Waals surface area (Å²) in [4.78, 5) is 1.55. The Labute approximate surface area is 105 Å². The van der Waals surface area contributed by atoms with Gasteiger partial charge >= 0.3 is 6.18 Å². The molecule has 0 spiro atoms. The maximum Gasteiger partial charge on any atom is 0.390 e. The molecule has 18 heavy (non-hydrogen) atoms. The van der Waals surface area contributed by atoms with Gasteiger partial charge in [-0.15, -0.1) is 0 Å². The van der Waals surface area contributed by atoms with Crippen molar-refractivity contribution in [2.24, 2.45) is 0 Å². The molecule has 0 saturated heterocycles. The van der Waals surface area contributed by atoms with Crippen LogP contribution in [-0.2, 0) is 0 Å². The molecular weight excluding hydrogens is 243 g/mol. The number of rotatable bonds is 5. The van der Waals surface area contributed by atoms with Crippen LogP contribution in [0, 0.1) is 0 Å². The van der Waals surface area contributed by atoms with E-state index in [1.165, 1.54) is 0 Å². The second-order valence-corrected chi connectivity index (χ2v) is 4.30. The Kier molecular flexibility index (Phi) is 5.02. The van der Waals surface area contributed by atoms with Crippen LogP contribution in [0.15, 0.2) is 24.3 Å². The van der Waals surface area contributed by atoms with Gasteiger partial charge in [0.2, 0.25) is 0 Å². The predicted octanol–water partition coefficient (Wildman–Crippen LogP) is 3.52. The number of alkyl halides is 3. The first-order valence-corrected chi connectivity index (χ1v) is 5.89. The maximum atomic E-state index is 12.1. The number of aliphatic hydroxyl groups is 1. The molecular formula is C13H18F3NO. The Bertz CT molecular complexity index is 361. The number of hydrogen-bond acceptors (Lipinski definition) is 2. The van der Waals surface area contributed by atoms with Crippen LogP contribution in [0.25, 0.3) is 0 Å². The molecule has 0 aliphatic heterocycles. The smallest absolute Gasteiger partial charge is 0.388 e. The standard InChI is InChI=1S/C13H18F3NO/c1-3-12(18)10-4-6-11(7-5-10)17(2)9-8-13(14,15)16/h4-7,12,18H,3,8-9H2,1-2H3.